The van der Waals surface area contributed by atoms with Crippen LogP contribution in [0.1, 0.15) is 36.1 Å². The third kappa shape index (κ3) is 8.83. The van der Waals surface area contributed by atoms with Crippen molar-refractivity contribution in [2.24, 2.45) is 4.99 Å². The van der Waals surface area contributed by atoms with Gasteiger partial charge in [0.25, 0.3) is 5.91 Å². The quantitative estimate of drug-likeness (QED) is 0.125. The third-order valence-electron chi connectivity index (χ3n) is 5.61. The molecule has 2 atom stereocenters. The van der Waals surface area contributed by atoms with Crippen LogP contribution in [0.15, 0.2) is 71.7 Å². The van der Waals surface area contributed by atoms with Crippen molar-refractivity contribution < 1.29 is 28.7 Å². The van der Waals surface area contributed by atoms with Crippen molar-refractivity contribution in [3.05, 3.63) is 101 Å². The van der Waals surface area contributed by atoms with Gasteiger partial charge in [0.2, 0.25) is 5.91 Å². The molecule has 39 heavy (non-hydrogen) atoms. The summed E-state index contributed by atoms with van der Waals surface area (Å²) in [7, 11) is 0. The van der Waals surface area contributed by atoms with E-state index in [1.54, 1.807) is 55.5 Å². The zero-order valence-corrected chi connectivity index (χ0v) is 21.3. The van der Waals surface area contributed by atoms with Crippen molar-refractivity contribution in [3.63, 3.8) is 0 Å². The molecular formula is C29H28F2N4O4. The minimum atomic E-state index is -1.13. The Morgan fingerprint density at radius 1 is 0.974 bits per heavy atom. The summed E-state index contributed by atoms with van der Waals surface area (Å²) in [6, 6.07) is 16.3. The number of hydrogen-bond donors (Lipinski definition) is 5. The zero-order chi connectivity index (χ0) is 28.4. The maximum absolute atomic E-state index is 13.7. The van der Waals surface area contributed by atoms with Gasteiger partial charge < -0.3 is 15.7 Å². The standard InChI is InChI=1S/C29H28F2N4O4/c1-18(33-28(19(2)36)29(38)35-39)22-9-5-20(6-10-22)3-4-21-7-13-25(14-8-21)34-27(37)17-32-16-23-11-12-24(30)15-26(23)31/h5-15,19,28,32,36,39H,16-17H2,1-2H3,(H,34,37)(H,35,38)/t19-,28+/m1/s1. The third-order valence-corrected chi connectivity index (χ3v) is 5.61. The van der Waals surface area contributed by atoms with Gasteiger partial charge in [-0.15, -0.1) is 0 Å². The number of carbonyl (C=O) groups is 2. The summed E-state index contributed by atoms with van der Waals surface area (Å²) in [6.45, 7) is 3.15. The van der Waals surface area contributed by atoms with Gasteiger partial charge in [-0.05, 0) is 61.9 Å². The highest BCUT2D eigenvalue weighted by molar-refractivity contribution is 6.00. The van der Waals surface area contributed by atoms with E-state index in [4.69, 9.17) is 5.21 Å². The molecule has 0 spiro atoms. The fourth-order valence-electron chi connectivity index (χ4n) is 3.49. The highest BCUT2D eigenvalue weighted by Gasteiger charge is 2.22. The number of halogens is 2. The number of hydrogen-bond acceptors (Lipinski definition) is 6. The maximum atomic E-state index is 13.7. The van der Waals surface area contributed by atoms with Crippen LogP contribution in [-0.4, -0.2) is 46.5 Å². The number of carbonyl (C=O) groups excluding carboxylic acids is 2. The average Bonchev–Trinajstić information content (AvgIpc) is 2.92. The van der Waals surface area contributed by atoms with Crippen LogP contribution in [0.25, 0.3) is 0 Å². The van der Waals surface area contributed by atoms with Crippen LogP contribution in [0, 0.1) is 23.5 Å². The van der Waals surface area contributed by atoms with Crippen LogP contribution < -0.4 is 16.1 Å². The van der Waals surface area contributed by atoms with Gasteiger partial charge in [0.15, 0.2) is 6.04 Å². The van der Waals surface area contributed by atoms with E-state index < -0.39 is 29.7 Å². The second-order valence-corrected chi connectivity index (χ2v) is 8.67. The molecule has 0 bridgehead atoms. The van der Waals surface area contributed by atoms with Gasteiger partial charge in [0.1, 0.15) is 11.6 Å². The van der Waals surface area contributed by atoms with Gasteiger partial charge in [-0.3, -0.25) is 19.8 Å². The molecule has 0 radical (unpaired) electrons. The number of aliphatic hydroxyl groups excluding tert-OH is 1. The summed E-state index contributed by atoms with van der Waals surface area (Å²) in [5.74, 6) is 3.65. The summed E-state index contributed by atoms with van der Waals surface area (Å²) in [5.41, 5.74) is 5.06. The summed E-state index contributed by atoms with van der Waals surface area (Å²) < 4.78 is 26.6. The minimum absolute atomic E-state index is 0.0487. The van der Waals surface area contributed by atoms with Crippen LogP contribution in [-0.2, 0) is 16.1 Å². The molecule has 0 saturated carbocycles. The van der Waals surface area contributed by atoms with Gasteiger partial charge in [-0.25, -0.2) is 14.3 Å². The van der Waals surface area contributed by atoms with Crippen molar-refractivity contribution in [2.45, 2.75) is 32.5 Å². The van der Waals surface area contributed by atoms with Crippen molar-refractivity contribution >= 4 is 23.2 Å². The molecule has 10 heteroatoms. The number of hydroxylamine groups is 1. The summed E-state index contributed by atoms with van der Waals surface area (Å²) in [4.78, 5) is 28.0. The molecule has 0 aliphatic rings. The molecule has 0 aliphatic heterocycles. The Kier molecular flexibility index (Phi) is 10.4. The first-order chi connectivity index (χ1) is 18.7. The normalized spacial score (nSPS) is 12.6. The smallest absolute Gasteiger partial charge is 0.270 e. The van der Waals surface area contributed by atoms with E-state index in [2.05, 4.69) is 27.5 Å². The summed E-state index contributed by atoms with van der Waals surface area (Å²) >= 11 is 0. The fourth-order valence-corrected chi connectivity index (χ4v) is 3.49. The molecular weight excluding hydrogens is 506 g/mol. The lowest BCUT2D eigenvalue weighted by Crippen LogP contribution is -2.38. The Bertz CT molecular complexity index is 1400. The van der Waals surface area contributed by atoms with Crippen molar-refractivity contribution in [2.75, 3.05) is 11.9 Å². The number of rotatable bonds is 9. The number of aliphatic hydroxyl groups is 1. The lowest BCUT2D eigenvalue weighted by Gasteiger charge is -2.14. The maximum Gasteiger partial charge on any atom is 0.270 e. The van der Waals surface area contributed by atoms with E-state index in [-0.39, 0.29) is 24.6 Å². The summed E-state index contributed by atoms with van der Waals surface area (Å²) in [5, 5.41) is 24.1. The zero-order valence-electron chi connectivity index (χ0n) is 21.3. The average molecular weight is 535 g/mol. The first kappa shape index (κ1) is 29.1. The van der Waals surface area contributed by atoms with E-state index in [1.807, 2.05) is 0 Å². The largest absolute Gasteiger partial charge is 0.391 e. The molecule has 8 nitrogen and oxygen atoms in total. The topological polar surface area (TPSA) is 123 Å². The van der Waals surface area contributed by atoms with E-state index >= 15 is 0 Å². The van der Waals surface area contributed by atoms with E-state index in [9.17, 15) is 23.5 Å². The van der Waals surface area contributed by atoms with E-state index in [1.165, 1.54) is 18.5 Å². The predicted octanol–water partition coefficient (Wildman–Crippen LogP) is 3.16. The molecule has 3 rings (SSSR count). The first-order valence-corrected chi connectivity index (χ1v) is 12.0. The van der Waals surface area contributed by atoms with Crippen molar-refractivity contribution in [1.29, 1.82) is 0 Å². The minimum Gasteiger partial charge on any atom is -0.391 e. The highest BCUT2D eigenvalue weighted by Crippen LogP contribution is 2.12. The van der Waals surface area contributed by atoms with Crippen molar-refractivity contribution in [3.8, 4) is 11.8 Å². The summed E-state index contributed by atoms with van der Waals surface area (Å²) in [6.07, 6.45) is -1.08. The van der Waals surface area contributed by atoms with Crippen LogP contribution in [0.3, 0.4) is 0 Å². The number of aliphatic imine (C=N–C) groups is 1. The van der Waals surface area contributed by atoms with E-state index in [0.29, 0.717) is 11.4 Å². The SMILES string of the molecule is CC(=N[C@H](C(=O)NO)[C@@H](C)O)c1ccc(C#Cc2ccc(NC(=O)CNCc3ccc(F)cc3F)cc2)cc1. The molecule has 2 amide bonds. The number of anilines is 1. The molecule has 3 aromatic rings. The van der Waals surface area contributed by atoms with Crippen molar-refractivity contribution in [1.82, 2.24) is 10.8 Å². The second kappa shape index (κ2) is 13.9. The monoisotopic (exact) mass is 534 g/mol. The van der Waals surface area contributed by atoms with Crippen LogP contribution in [0.5, 0.6) is 0 Å². The molecule has 0 aliphatic carbocycles. The van der Waals surface area contributed by atoms with Gasteiger partial charge >= 0.3 is 0 Å². The van der Waals surface area contributed by atoms with Crippen LogP contribution in [0.2, 0.25) is 0 Å². The number of benzene rings is 3. The van der Waals surface area contributed by atoms with E-state index in [0.717, 1.165) is 28.8 Å². The Hall–Kier alpha value is -4.43. The van der Waals surface area contributed by atoms with Crippen LogP contribution in [0.4, 0.5) is 14.5 Å². The van der Waals surface area contributed by atoms with Gasteiger partial charge in [0.05, 0.1) is 12.6 Å². The Morgan fingerprint density at radius 2 is 1.59 bits per heavy atom. The number of nitrogens with one attached hydrogen (secondary N) is 3. The molecule has 0 saturated heterocycles. The molecule has 0 unspecified atom stereocenters. The lowest BCUT2D eigenvalue weighted by atomic mass is 10.1. The second-order valence-electron chi connectivity index (χ2n) is 8.67. The predicted molar refractivity (Wildman–Crippen MR) is 143 cm³/mol. The van der Waals surface area contributed by atoms with Gasteiger partial charge in [-0.2, -0.15) is 0 Å². The lowest BCUT2D eigenvalue weighted by molar-refractivity contribution is -0.132. The molecule has 3 aromatic carbocycles. The highest BCUT2D eigenvalue weighted by atomic mass is 19.1. The van der Waals surface area contributed by atoms with Crippen LogP contribution >= 0.6 is 0 Å². The van der Waals surface area contributed by atoms with Gasteiger partial charge in [0, 0.05) is 40.7 Å². The molecule has 5 N–H and O–H groups in total. The Labute approximate surface area is 224 Å². The fraction of sp³-hybridized carbons (Fsp3) is 0.207. The molecule has 202 valence electrons. The Balaban J connectivity index is 1.53. The molecule has 0 fully saturated rings. The molecule has 0 heterocycles. The van der Waals surface area contributed by atoms with Gasteiger partial charge in [-0.1, -0.05) is 30.0 Å². The number of amides is 2. The Morgan fingerprint density at radius 3 is 2.15 bits per heavy atom. The molecule has 0 aromatic heterocycles. The number of nitrogens with zero attached hydrogens (tertiary/aromatic N) is 1. The first-order valence-electron chi connectivity index (χ1n) is 12.0.